The third-order valence-electron chi connectivity index (χ3n) is 2.38. The molecule has 0 heterocycles. The zero-order valence-corrected chi connectivity index (χ0v) is 11.3. The first-order chi connectivity index (χ1) is 8.25. The molecular weight excluding hydrogens is 326 g/mol. The number of halogens is 1. The van der Waals surface area contributed by atoms with Crippen molar-refractivity contribution in [1.29, 1.82) is 0 Å². The summed E-state index contributed by atoms with van der Waals surface area (Å²) < 4.78 is 1.06. The summed E-state index contributed by atoms with van der Waals surface area (Å²) in [6.45, 7) is 0.561. The van der Waals surface area contributed by atoms with Crippen LogP contribution in [0.1, 0.15) is 15.9 Å². The van der Waals surface area contributed by atoms with Crippen molar-refractivity contribution in [2.24, 2.45) is 0 Å². The average Bonchev–Trinajstić information content (AvgIpc) is 2.37. The minimum atomic E-state index is -0.0348. The Morgan fingerprint density at radius 3 is 2.53 bits per heavy atom. The fourth-order valence-corrected chi connectivity index (χ4v) is 2.05. The first kappa shape index (κ1) is 12.1. The van der Waals surface area contributed by atoms with Crippen LogP contribution in [0.25, 0.3) is 0 Å². The smallest absolute Gasteiger partial charge is 0.251 e. The maximum atomic E-state index is 11.9. The molecule has 2 rings (SSSR count). The van der Waals surface area contributed by atoms with E-state index < -0.39 is 0 Å². The van der Waals surface area contributed by atoms with Gasteiger partial charge in [-0.3, -0.25) is 4.79 Å². The van der Waals surface area contributed by atoms with Gasteiger partial charge in [-0.05, 0) is 46.4 Å². The molecule has 0 atom stereocenters. The predicted molar refractivity (Wildman–Crippen MR) is 76.8 cm³/mol. The number of nitrogens with one attached hydrogen (secondary N) is 1. The van der Waals surface area contributed by atoms with Gasteiger partial charge >= 0.3 is 0 Å². The second-order valence-corrected chi connectivity index (χ2v) is 4.92. The molecule has 0 saturated carbocycles. The summed E-state index contributed by atoms with van der Waals surface area (Å²) in [5, 5.41) is 2.90. The molecule has 0 unspecified atom stereocenters. The number of hydrogen-bond donors (Lipinski definition) is 1. The molecule has 0 aliphatic rings. The maximum absolute atomic E-state index is 11.9. The van der Waals surface area contributed by atoms with E-state index in [0.717, 1.165) is 9.13 Å². The maximum Gasteiger partial charge on any atom is 0.251 e. The molecule has 0 radical (unpaired) electrons. The van der Waals surface area contributed by atoms with Gasteiger partial charge in [-0.2, -0.15) is 0 Å². The normalized spacial score (nSPS) is 9.94. The van der Waals surface area contributed by atoms with Crippen LogP contribution in [0.4, 0.5) is 0 Å². The van der Waals surface area contributed by atoms with Crippen molar-refractivity contribution in [1.82, 2.24) is 5.32 Å². The first-order valence-electron chi connectivity index (χ1n) is 5.33. The number of carbonyl (C=O) groups excluding carboxylic acids is 1. The SMILES string of the molecule is O=[13C](NCc1ccccc1)c1cccc(I)c1. The van der Waals surface area contributed by atoms with Crippen LogP contribution in [-0.4, -0.2) is 5.91 Å². The predicted octanol–water partition coefficient (Wildman–Crippen LogP) is 3.22. The molecule has 1 amide bonds. The van der Waals surface area contributed by atoms with Crippen LogP contribution in [0, 0.1) is 3.57 Å². The monoisotopic (exact) mass is 338 g/mol. The van der Waals surface area contributed by atoms with Gasteiger partial charge in [0.2, 0.25) is 0 Å². The zero-order valence-electron chi connectivity index (χ0n) is 9.19. The molecule has 3 heteroatoms. The lowest BCUT2D eigenvalue weighted by Crippen LogP contribution is -2.22. The molecule has 2 aromatic carbocycles. The van der Waals surface area contributed by atoms with Gasteiger partial charge in [0, 0.05) is 15.7 Å². The molecule has 2 aromatic rings. The highest BCUT2D eigenvalue weighted by Gasteiger charge is 2.04. The Labute approximate surface area is 114 Å². The largest absolute Gasteiger partial charge is 0.348 e. The van der Waals surface area contributed by atoms with Crippen molar-refractivity contribution in [3.05, 3.63) is 69.3 Å². The van der Waals surface area contributed by atoms with E-state index in [0.29, 0.717) is 12.1 Å². The Hall–Kier alpha value is -1.36. The van der Waals surface area contributed by atoms with Crippen molar-refractivity contribution in [3.8, 4) is 0 Å². The fraction of sp³-hybridized carbons (Fsp3) is 0.0714. The highest BCUT2D eigenvalue weighted by molar-refractivity contribution is 14.1. The molecular formula is C14H12INO. The third-order valence-corrected chi connectivity index (χ3v) is 3.05. The third kappa shape index (κ3) is 3.56. The van der Waals surface area contributed by atoms with Gasteiger partial charge in [-0.1, -0.05) is 36.4 Å². The van der Waals surface area contributed by atoms with Gasteiger partial charge in [0.05, 0.1) is 0 Å². The lowest BCUT2D eigenvalue weighted by Gasteiger charge is -2.05. The van der Waals surface area contributed by atoms with Crippen molar-refractivity contribution in [2.45, 2.75) is 6.54 Å². The summed E-state index contributed by atoms with van der Waals surface area (Å²) in [5.74, 6) is -0.0348. The summed E-state index contributed by atoms with van der Waals surface area (Å²) in [5.41, 5.74) is 1.80. The van der Waals surface area contributed by atoms with Crippen LogP contribution in [0.3, 0.4) is 0 Å². The lowest BCUT2D eigenvalue weighted by atomic mass is 10.2. The standard InChI is InChI=1S/C14H12INO/c15-13-8-4-7-12(9-13)14(17)16-10-11-5-2-1-3-6-11/h1-9H,10H2,(H,16,17)/i14+1. The van der Waals surface area contributed by atoms with Gasteiger partial charge in [0.25, 0.3) is 5.91 Å². The van der Waals surface area contributed by atoms with E-state index in [4.69, 9.17) is 0 Å². The van der Waals surface area contributed by atoms with Crippen molar-refractivity contribution >= 4 is 28.5 Å². The highest BCUT2D eigenvalue weighted by Crippen LogP contribution is 2.08. The first-order valence-corrected chi connectivity index (χ1v) is 6.41. The Morgan fingerprint density at radius 2 is 1.82 bits per heavy atom. The quantitative estimate of drug-likeness (QED) is 0.676. The van der Waals surface area contributed by atoms with Crippen LogP contribution in [0.2, 0.25) is 0 Å². The Balaban J connectivity index is 1.98. The van der Waals surface area contributed by atoms with E-state index >= 15 is 0 Å². The minimum Gasteiger partial charge on any atom is -0.348 e. The van der Waals surface area contributed by atoms with Gasteiger partial charge in [-0.25, -0.2) is 0 Å². The van der Waals surface area contributed by atoms with E-state index in [-0.39, 0.29) is 5.91 Å². The topological polar surface area (TPSA) is 29.1 Å². The summed E-state index contributed by atoms with van der Waals surface area (Å²) in [6.07, 6.45) is 0. The fourth-order valence-electron chi connectivity index (χ4n) is 1.51. The van der Waals surface area contributed by atoms with E-state index in [9.17, 15) is 4.79 Å². The van der Waals surface area contributed by atoms with E-state index in [1.165, 1.54) is 0 Å². The second kappa shape index (κ2) is 5.82. The Morgan fingerprint density at radius 1 is 1.06 bits per heavy atom. The molecule has 0 bridgehead atoms. The molecule has 1 N–H and O–H groups in total. The average molecular weight is 338 g/mol. The second-order valence-electron chi connectivity index (χ2n) is 3.68. The van der Waals surface area contributed by atoms with E-state index in [1.54, 1.807) is 0 Å². The van der Waals surface area contributed by atoms with Crippen molar-refractivity contribution in [3.63, 3.8) is 0 Å². The van der Waals surface area contributed by atoms with Crippen molar-refractivity contribution < 1.29 is 4.79 Å². The van der Waals surface area contributed by atoms with Gasteiger partial charge in [0.1, 0.15) is 0 Å². The molecule has 0 aliphatic heterocycles. The number of rotatable bonds is 3. The van der Waals surface area contributed by atoms with E-state index in [1.807, 2.05) is 54.6 Å². The van der Waals surface area contributed by atoms with Crippen LogP contribution in [0.5, 0.6) is 0 Å². The minimum absolute atomic E-state index is 0.0348. The molecule has 0 aromatic heterocycles. The van der Waals surface area contributed by atoms with Gasteiger partial charge in [-0.15, -0.1) is 0 Å². The lowest BCUT2D eigenvalue weighted by molar-refractivity contribution is 0.0951. The molecule has 0 fully saturated rings. The molecule has 2 nitrogen and oxygen atoms in total. The summed E-state index contributed by atoms with van der Waals surface area (Å²) in [7, 11) is 0. The van der Waals surface area contributed by atoms with Gasteiger partial charge in [0.15, 0.2) is 0 Å². The van der Waals surface area contributed by atoms with Crippen LogP contribution >= 0.6 is 22.6 Å². The molecule has 0 aliphatic carbocycles. The summed E-state index contributed by atoms with van der Waals surface area (Å²) in [6, 6.07) is 17.4. The number of benzene rings is 2. The van der Waals surface area contributed by atoms with Gasteiger partial charge < -0.3 is 5.32 Å². The molecule has 0 saturated heterocycles. The van der Waals surface area contributed by atoms with Crippen LogP contribution in [0.15, 0.2) is 54.6 Å². The molecule has 86 valence electrons. The zero-order chi connectivity index (χ0) is 12.1. The summed E-state index contributed by atoms with van der Waals surface area (Å²) >= 11 is 2.20. The number of carbonyl (C=O) groups is 1. The van der Waals surface area contributed by atoms with Crippen LogP contribution < -0.4 is 5.32 Å². The highest BCUT2D eigenvalue weighted by atomic mass is 127. The number of hydrogen-bond acceptors (Lipinski definition) is 1. The molecule has 17 heavy (non-hydrogen) atoms. The Bertz CT molecular complexity index is 511. The van der Waals surface area contributed by atoms with Crippen molar-refractivity contribution in [2.75, 3.05) is 0 Å². The Kier molecular flexibility index (Phi) is 4.14. The molecule has 0 spiro atoms. The summed E-state index contributed by atoms with van der Waals surface area (Å²) in [4.78, 5) is 11.9. The van der Waals surface area contributed by atoms with E-state index in [2.05, 4.69) is 27.9 Å². The number of amides is 1. The van der Waals surface area contributed by atoms with Crippen LogP contribution in [-0.2, 0) is 6.54 Å².